The zero-order chi connectivity index (χ0) is 17.8. The van der Waals surface area contributed by atoms with Crippen LogP contribution in [0.25, 0.3) is 0 Å². The van der Waals surface area contributed by atoms with Crippen molar-refractivity contribution in [1.82, 2.24) is 0 Å². The van der Waals surface area contributed by atoms with Crippen LogP contribution < -0.4 is 0 Å². The quantitative estimate of drug-likeness (QED) is 0.372. The third kappa shape index (κ3) is 26.1. The summed E-state index contributed by atoms with van der Waals surface area (Å²) in [7, 11) is 0. The van der Waals surface area contributed by atoms with Crippen molar-refractivity contribution in [3.05, 3.63) is 0 Å². The Bertz CT molecular complexity index is 266. The van der Waals surface area contributed by atoms with E-state index in [1.54, 1.807) is 0 Å². The molecule has 0 aromatic heterocycles. The summed E-state index contributed by atoms with van der Waals surface area (Å²) in [4.78, 5) is 21.1. The van der Waals surface area contributed by atoms with Gasteiger partial charge in [-0.25, -0.2) is 0 Å². The minimum absolute atomic E-state index is 0.0472. The van der Waals surface area contributed by atoms with Gasteiger partial charge in [0.15, 0.2) is 0 Å². The number of esters is 2. The van der Waals surface area contributed by atoms with Crippen LogP contribution in [0.15, 0.2) is 0 Å². The molecular formula is C18H36O5. The summed E-state index contributed by atoms with van der Waals surface area (Å²) in [5.41, 5.74) is 0. The molecule has 0 aliphatic heterocycles. The number of hydrogen-bond donors (Lipinski definition) is 0. The highest BCUT2D eigenvalue weighted by Crippen LogP contribution is 2.05. The van der Waals surface area contributed by atoms with Crippen LogP contribution in [0.2, 0.25) is 0 Å². The van der Waals surface area contributed by atoms with Gasteiger partial charge in [-0.2, -0.15) is 0 Å². The molecule has 0 aliphatic rings. The molecule has 0 fully saturated rings. The molecule has 0 amide bonds. The Hall–Kier alpha value is -1.10. The fourth-order valence-corrected chi connectivity index (χ4v) is 1.70. The molecule has 0 unspecified atom stereocenters. The highest BCUT2D eigenvalue weighted by atomic mass is 16.6. The molecule has 0 aliphatic carbocycles. The molecule has 0 heterocycles. The molecule has 5 nitrogen and oxygen atoms in total. The van der Waals surface area contributed by atoms with E-state index < -0.39 is 0 Å². The van der Waals surface area contributed by atoms with E-state index in [-0.39, 0.29) is 11.9 Å². The van der Waals surface area contributed by atoms with Crippen LogP contribution in [-0.4, -0.2) is 38.4 Å². The summed E-state index contributed by atoms with van der Waals surface area (Å²) in [5.74, 6) is -0.293. The van der Waals surface area contributed by atoms with E-state index in [1.807, 2.05) is 6.92 Å². The summed E-state index contributed by atoms with van der Waals surface area (Å²) < 4.78 is 14.6. The SMILES string of the molecule is CCCCCCCC(=O)OCC.CCCCOCCOC(C)=O. The third-order valence-electron chi connectivity index (χ3n) is 2.97. The molecule has 0 aromatic rings. The van der Waals surface area contributed by atoms with Gasteiger partial charge in [0.1, 0.15) is 6.61 Å². The molecule has 0 atom stereocenters. The summed E-state index contributed by atoms with van der Waals surface area (Å²) >= 11 is 0. The highest BCUT2D eigenvalue weighted by Gasteiger charge is 1.99. The normalized spacial score (nSPS) is 9.74. The molecule has 0 bridgehead atoms. The third-order valence-corrected chi connectivity index (χ3v) is 2.97. The monoisotopic (exact) mass is 332 g/mol. The Balaban J connectivity index is 0. The zero-order valence-electron chi connectivity index (χ0n) is 15.5. The van der Waals surface area contributed by atoms with Gasteiger partial charge in [0, 0.05) is 20.0 Å². The molecule has 138 valence electrons. The van der Waals surface area contributed by atoms with Crippen molar-refractivity contribution in [3.63, 3.8) is 0 Å². The predicted molar refractivity (Wildman–Crippen MR) is 92.4 cm³/mol. The molecule has 23 heavy (non-hydrogen) atoms. The van der Waals surface area contributed by atoms with Crippen molar-refractivity contribution >= 4 is 11.9 Å². The van der Waals surface area contributed by atoms with Crippen LogP contribution in [0.4, 0.5) is 0 Å². The Morgan fingerprint density at radius 2 is 1.39 bits per heavy atom. The first-order valence-electron chi connectivity index (χ1n) is 8.95. The minimum atomic E-state index is -0.246. The second-order valence-electron chi connectivity index (χ2n) is 5.28. The smallest absolute Gasteiger partial charge is 0.305 e. The number of rotatable bonds is 13. The Morgan fingerprint density at radius 3 is 1.96 bits per heavy atom. The lowest BCUT2D eigenvalue weighted by atomic mass is 10.1. The number of hydrogen-bond acceptors (Lipinski definition) is 5. The average molecular weight is 332 g/mol. The molecular weight excluding hydrogens is 296 g/mol. The van der Waals surface area contributed by atoms with Gasteiger partial charge in [0.05, 0.1) is 13.2 Å². The van der Waals surface area contributed by atoms with Gasteiger partial charge in [0.2, 0.25) is 0 Å². The van der Waals surface area contributed by atoms with Crippen LogP contribution in [-0.2, 0) is 23.8 Å². The second kappa shape index (κ2) is 20.9. The van der Waals surface area contributed by atoms with Gasteiger partial charge in [-0.05, 0) is 19.8 Å². The first-order chi connectivity index (χ1) is 11.1. The molecule has 0 saturated heterocycles. The number of ether oxygens (including phenoxy) is 3. The van der Waals surface area contributed by atoms with E-state index in [4.69, 9.17) is 9.47 Å². The number of carbonyl (C=O) groups excluding carboxylic acids is 2. The standard InChI is InChI=1S/C10H20O2.C8H16O3/c1-3-5-6-7-8-9-10(11)12-4-2;1-3-4-5-10-6-7-11-8(2)9/h3-9H2,1-2H3;3-7H2,1-2H3. The average Bonchev–Trinajstić information content (AvgIpc) is 2.51. The van der Waals surface area contributed by atoms with Crippen molar-refractivity contribution in [3.8, 4) is 0 Å². The lowest BCUT2D eigenvalue weighted by Crippen LogP contribution is -2.07. The van der Waals surface area contributed by atoms with Crippen LogP contribution in [0, 0.1) is 0 Å². The fourth-order valence-electron chi connectivity index (χ4n) is 1.70. The van der Waals surface area contributed by atoms with E-state index in [0.29, 0.717) is 26.2 Å². The summed E-state index contributed by atoms with van der Waals surface area (Å²) in [6, 6.07) is 0. The molecule has 0 aromatic carbocycles. The Morgan fingerprint density at radius 1 is 0.739 bits per heavy atom. The molecule has 5 heteroatoms. The summed E-state index contributed by atoms with van der Waals surface area (Å²) in [6.07, 6.45) is 8.72. The fraction of sp³-hybridized carbons (Fsp3) is 0.889. The Labute approximate surface area is 142 Å². The first kappa shape index (κ1) is 24.2. The van der Waals surface area contributed by atoms with E-state index in [1.165, 1.54) is 26.2 Å². The molecule has 0 radical (unpaired) electrons. The molecule has 0 N–H and O–H groups in total. The maximum Gasteiger partial charge on any atom is 0.305 e. The minimum Gasteiger partial charge on any atom is -0.466 e. The topological polar surface area (TPSA) is 61.8 Å². The van der Waals surface area contributed by atoms with Gasteiger partial charge in [0.25, 0.3) is 0 Å². The summed E-state index contributed by atoms with van der Waals surface area (Å²) in [6.45, 7) is 9.69. The van der Waals surface area contributed by atoms with Crippen LogP contribution in [0.3, 0.4) is 0 Å². The van der Waals surface area contributed by atoms with Gasteiger partial charge in [-0.1, -0.05) is 46.0 Å². The Kier molecular flexibility index (Phi) is 22.0. The van der Waals surface area contributed by atoms with Crippen molar-refractivity contribution < 1.29 is 23.8 Å². The zero-order valence-corrected chi connectivity index (χ0v) is 15.5. The molecule has 0 saturated carbocycles. The van der Waals surface area contributed by atoms with E-state index >= 15 is 0 Å². The maximum atomic E-state index is 10.9. The maximum absolute atomic E-state index is 10.9. The second-order valence-corrected chi connectivity index (χ2v) is 5.28. The van der Waals surface area contributed by atoms with Crippen LogP contribution in [0.1, 0.15) is 79.1 Å². The van der Waals surface area contributed by atoms with E-state index in [9.17, 15) is 9.59 Å². The van der Waals surface area contributed by atoms with Crippen molar-refractivity contribution in [2.24, 2.45) is 0 Å². The van der Waals surface area contributed by atoms with E-state index in [2.05, 4.69) is 18.6 Å². The first-order valence-corrected chi connectivity index (χ1v) is 8.95. The van der Waals surface area contributed by atoms with Crippen molar-refractivity contribution in [2.45, 2.75) is 79.1 Å². The van der Waals surface area contributed by atoms with E-state index in [0.717, 1.165) is 32.3 Å². The van der Waals surface area contributed by atoms with Crippen molar-refractivity contribution in [2.75, 3.05) is 26.4 Å². The number of unbranched alkanes of at least 4 members (excludes halogenated alkanes) is 5. The summed E-state index contributed by atoms with van der Waals surface area (Å²) in [5, 5.41) is 0. The lowest BCUT2D eigenvalue weighted by Gasteiger charge is -2.02. The van der Waals surface area contributed by atoms with Crippen molar-refractivity contribution in [1.29, 1.82) is 0 Å². The highest BCUT2D eigenvalue weighted by molar-refractivity contribution is 5.69. The number of carbonyl (C=O) groups is 2. The van der Waals surface area contributed by atoms with Gasteiger partial charge in [-0.3, -0.25) is 9.59 Å². The van der Waals surface area contributed by atoms with Gasteiger partial charge in [-0.15, -0.1) is 0 Å². The predicted octanol–water partition coefficient (Wildman–Crippen LogP) is 4.28. The molecule has 0 rings (SSSR count). The van der Waals surface area contributed by atoms with Gasteiger partial charge < -0.3 is 14.2 Å². The largest absolute Gasteiger partial charge is 0.466 e. The molecule has 0 spiro atoms. The van der Waals surface area contributed by atoms with Gasteiger partial charge >= 0.3 is 11.9 Å². The van der Waals surface area contributed by atoms with Crippen LogP contribution in [0.5, 0.6) is 0 Å². The van der Waals surface area contributed by atoms with Crippen LogP contribution >= 0.6 is 0 Å². The lowest BCUT2D eigenvalue weighted by molar-refractivity contribution is -0.143.